The quantitative estimate of drug-likeness (QED) is 0.745. The fraction of sp³-hybridized carbons (Fsp3) is 0.231. The lowest BCUT2D eigenvalue weighted by Crippen LogP contribution is -2.33. The van der Waals surface area contributed by atoms with E-state index in [-0.39, 0.29) is 5.75 Å². The number of halogens is 4. The van der Waals surface area contributed by atoms with Crippen molar-refractivity contribution in [2.75, 3.05) is 6.61 Å². The van der Waals surface area contributed by atoms with Crippen LogP contribution in [0.5, 0.6) is 5.75 Å². The van der Waals surface area contributed by atoms with E-state index in [0.29, 0.717) is 5.84 Å². The van der Waals surface area contributed by atoms with Gasteiger partial charge in [-0.1, -0.05) is 18.2 Å². The molecular formula is C13H10F4N3O. The predicted octanol–water partition coefficient (Wildman–Crippen LogP) is 2.94. The SMILES string of the molecule is FC(F)C(F)(F)COc1ccc(C=CC2=N[N]C=N2)cc1. The minimum absolute atomic E-state index is 0.0821. The van der Waals surface area contributed by atoms with Crippen molar-refractivity contribution in [3.8, 4) is 5.75 Å². The van der Waals surface area contributed by atoms with E-state index in [1.165, 1.54) is 18.5 Å². The van der Waals surface area contributed by atoms with Crippen LogP contribution in [0.15, 0.2) is 40.4 Å². The molecule has 1 aliphatic rings. The van der Waals surface area contributed by atoms with E-state index in [4.69, 9.17) is 0 Å². The van der Waals surface area contributed by atoms with Gasteiger partial charge in [-0.25, -0.2) is 13.8 Å². The molecule has 0 atom stereocenters. The molecule has 21 heavy (non-hydrogen) atoms. The van der Waals surface area contributed by atoms with Gasteiger partial charge in [-0.2, -0.15) is 8.78 Å². The molecule has 0 bridgehead atoms. The van der Waals surface area contributed by atoms with Crippen LogP contribution >= 0.6 is 0 Å². The van der Waals surface area contributed by atoms with E-state index in [2.05, 4.69) is 20.3 Å². The fourth-order valence-electron chi connectivity index (χ4n) is 1.36. The van der Waals surface area contributed by atoms with Gasteiger partial charge in [0.2, 0.25) is 0 Å². The Bertz CT molecular complexity index is 567. The predicted molar refractivity (Wildman–Crippen MR) is 70.0 cm³/mol. The highest BCUT2D eigenvalue weighted by molar-refractivity contribution is 6.02. The molecule has 0 amide bonds. The lowest BCUT2D eigenvalue weighted by Gasteiger charge is -2.15. The van der Waals surface area contributed by atoms with Crippen LogP contribution in [0.25, 0.3) is 6.08 Å². The molecule has 1 heterocycles. The minimum atomic E-state index is -4.17. The van der Waals surface area contributed by atoms with E-state index >= 15 is 0 Å². The van der Waals surface area contributed by atoms with Crippen molar-refractivity contribution in [2.24, 2.45) is 10.1 Å². The topological polar surface area (TPSA) is 48.0 Å². The molecule has 1 aromatic carbocycles. The molecule has 0 N–H and O–H groups in total. The summed E-state index contributed by atoms with van der Waals surface area (Å²) < 4.78 is 53.9. The Kier molecular flexibility index (Phi) is 4.56. The molecule has 0 saturated carbocycles. The molecule has 8 heteroatoms. The highest BCUT2D eigenvalue weighted by atomic mass is 19.3. The normalized spacial score (nSPS) is 14.6. The van der Waals surface area contributed by atoms with E-state index < -0.39 is 19.0 Å². The first-order valence-corrected chi connectivity index (χ1v) is 5.85. The van der Waals surface area contributed by atoms with Gasteiger partial charge in [-0.05, 0) is 23.8 Å². The third-order valence-corrected chi connectivity index (χ3v) is 2.46. The van der Waals surface area contributed by atoms with Crippen LogP contribution < -0.4 is 10.2 Å². The summed E-state index contributed by atoms with van der Waals surface area (Å²) in [7, 11) is 0. The fourth-order valence-corrected chi connectivity index (χ4v) is 1.36. The van der Waals surface area contributed by atoms with E-state index in [1.807, 2.05) is 0 Å². The van der Waals surface area contributed by atoms with Gasteiger partial charge in [0.1, 0.15) is 12.1 Å². The van der Waals surface area contributed by atoms with Crippen LogP contribution in [-0.2, 0) is 0 Å². The number of benzene rings is 1. The summed E-state index contributed by atoms with van der Waals surface area (Å²) in [5.41, 5.74) is 4.29. The minimum Gasteiger partial charge on any atom is -0.487 e. The number of nitrogens with zero attached hydrogens (tertiary/aromatic N) is 3. The second-order valence-electron chi connectivity index (χ2n) is 4.07. The van der Waals surface area contributed by atoms with Gasteiger partial charge < -0.3 is 4.74 Å². The van der Waals surface area contributed by atoms with Gasteiger partial charge in [0, 0.05) is 0 Å². The summed E-state index contributed by atoms with van der Waals surface area (Å²) in [4.78, 5) is 3.83. The van der Waals surface area contributed by atoms with Crippen LogP contribution in [0.2, 0.25) is 0 Å². The highest BCUT2D eigenvalue weighted by Crippen LogP contribution is 2.24. The Morgan fingerprint density at radius 1 is 1.14 bits per heavy atom. The molecule has 0 aromatic heterocycles. The zero-order valence-electron chi connectivity index (χ0n) is 10.6. The third kappa shape index (κ3) is 4.30. The smallest absolute Gasteiger partial charge is 0.340 e. The van der Waals surface area contributed by atoms with E-state index in [9.17, 15) is 17.6 Å². The van der Waals surface area contributed by atoms with Crippen molar-refractivity contribution in [1.82, 2.24) is 5.43 Å². The maximum atomic E-state index is 12.7. The second kappa shape index (κ2) is 6.38. The van der Waals surface area contributed by atoms with Crippen LogP contribution in [0, 0.1) is 0 Å². The van der Waals surface area contributed by atoms with Crippen LogP contribution in [0.3, 0.4) is 0 Å². The third-order valence-electron chi connectivity index (χ3n) is 2.46. The second-order valence-corrected chi connectivity index (χ2v) is 4.07. The summed E-state index contributed by atoms with van der Waals surface area (Å²) in [6.07, 6.45) is 0.861. The number of ether oxygens (including phenoxy) is 1. The van der Waals surface area contributed by atoms with E-state index in [1.54, 1.807) is 24.3 Å². The molecule has 111 valence electrons. The molecule has 1 aromatic rings. The Labute approximate surface area is 117 Å². The van der Waals surface area contributed by atoms with Gasteiger partial charge in [-0.3, -0.25) is 0 Å². The molecule has 4 nitrogen and oxygen atoms in total. The molecule has 0 saturated heterocycles. The first kappa shape index (κ1) is 15.0. The average Bonchev–Trinajstić information content (AvgIpc) is 2.97. The summed E-state index contributed by atoms with van der Waals surface area (Å²) in [5, 5.41) is 3.69. The van der Waals surface area contributed by atoms with Crippen molar-refractivity contribution < 1.29 is 22.3 Å². The Balaban J connectivity index is 1.91. The number of hydrogen-bond donors (Lipinski definition) is 0. The molecule has 1 radical (unpaired) electrons. The van der Waals surface area contributed by atoms with Crippen molar-refractivity contribution >= 4 is 18.3 Å². The largest absolute Gasteiger partial charge is 0.487 e. The first-order chi connectivity index (χ1) is 9.97. The zero-order chi connectivity index (χ0) is 15.3. The van der Waals surface area contributed by atoms with Crippen LogP contribution in [0.1, 0.15) is 5.56 Å². The lowest BCUT2D eigenvalue weighted by molar-refractivity contribution is -0.148. The van der Waals surface area contributed by atoms with Gasteiger partial charge in [-0.15, -0.1) is 10.5 Å². The Morgan fingerprint density at radius 3 is 2.43 bits per heavy atom. The molecule has 2 rings (SSSR count). The standard InChI is InChI=1S/C13H10F4N3O/c14-12(15)13(16,17)7-21-10-4-1-9(2-5-10)3-6-11-18-8-19-20-11/h1-6,8,12H,7H2. The highest BCUT2D eigenvalue weighted by Gasteiger charge is 2.41. The van der Waals surface area contributed by atoms with Crippen molar-refractivity contribution in [2.45, 2.75) is 12.3 Å². The summed E-state index contributed by atoms with van der Waals surface area (Å²) in [6, 6.07) is 5.99. The first-order valence-electron chi connectivity index (χ1n) is 5.85. The Hall–Kier alpha value is -2.38. The number of amidine groups is 1. The average molecular weight is 300 g/mol. The molecule has 0 unspecified atom stereocenters. The van der Waals surface area contributed by atoms with Crippen LogP contribution in [0.4, 0.5) is 17.6 Å². The zero-order valence-corrected chi connectivity index (χ0v) is 10.6. The van der Waals surface area contributed by atoms with Crippen molar-refractivity contribution in [1.29, 1.82) is 0 Å². The molecule has 1 aliphatic heterocycles. The number of rotatable bonds is 6. The molecule has 0 aliphatic carbocycles. The maximum absolute atomic E-state index is 12.7. The number of hydrogen-bond acceptors (Lipinski definition) is 3. The van der Waals surface area contributed by atoms with Gasteiger partial charge >= 0.3 is 12.3 Å². The molecular weight excluding hydrogens is 290 g/mol. The van der Waals surface area contributed by atoms with E-state index in [0.717, 1.165) is 5.56 Å². The Morgan fingerprint density at radius 2 is 1.86 bits per heavy atom. The monoisotopic (exact) mass is 300 g/mol. The van der Waals surface area contributed by atoms with Crippen molar-refractivity contribution in [3.05, 3.63) is 35.9 Å². The number of alkyl halides is 4. The molecule has 0 fully saturated rings. The summed E-state index contributed by atoms with van der Waals surface area (Å²) in [5.74, 6) is -3.65. The van der Waals surface area contributed by atoms with Crippen LogP contribution in [-0.4, -0.2) is 31.1 Å². The van der Waals surface area contributed by atoms with Gasteiger partial charge in [0.05, 0.1) is 0 Å². The van der Waals surface area contributed by atoms with Crippen molar-refractivity contribution in [3.63, 3.8) is 0 Å². The lowest BCUT2D eigenvalue weighted by atomic mass is 10.2. The summed E-state index contributed by atoms with van der Waals surface area (Å²) >= 11 is 0. The number of aliphatic imine (C=N–C) groups is 1. The molecule has 0 spiro atoms. The summed E-state index contributed by atoms with van der Waals surface area (Å²) in [6.45, 7) is -1.37. The van der Waals surface area contributed by atoms with Gasteiger partial charge in [0.25, 0.3) is 0 Å². The van der Waals surface area contributed by atoms with Gasteiger partial charge in [0.15, 0.2) is 12.4 Å². The maximum Gasteiger partial charge on any atom is 0.340 e.